The number of hydrogen-bond acceptors (Lipinski definition) is 4. The Bertz CT molecular complexity index is 342. The summed E-state index contributed by atoms with van der Waals surface area (Å²) >= 11 is 0. The highest BCUT2D eigenvalue weighted by Crippen LogP contribution is 2.38. The van der Waals surface area contributed by atoms with Crippen LogP contribution < -0.4 is 5.32 Å². The molecule has 16 heavy (non-hydrogen) atoms. The molecule has 0 amide bonds. The minimum Gasteiger partial charge on any atom is -0.381 e. The number of H-pyrrole nitrogens is 1. The fraction of sp³-hybridized carbons (Fsp3) is 0.818. The predicted molar refractivity (Wildman–Crippen MR) is 60.4 cm³/mol. The van der Waals surface area contributed by atoms with Gasteiger partial charge in [-0.1, -0.05) is 0 Å². The Morgan fingerprint density at radius 1 is 1.38 bits per heavy atom. The fourth-order valence-electron chi connectivity index (χ4n) is 2.09. The standard InChI is InChI=1S/C11H18N4O/c1-2-9(1)10-13-11(15-14-10)12-5-3-8-4-6-16-7-8/h8-9H,1-7H2,(H2,12,13,14,15). The van der Waals surface area contributed by atoms with E-state index in [4.69, 9.17) is 4.74 Å². The molecule has 1 aromatic rings. The van der Waals surface area contributed by atoms with E-state index >= 15 is 0 Å². The van der Waals surface area contributed by atoms with Crippen molar-refractivity contribution in [2.24, 2.45) is 5.92 Å². The number of nitrogens with one attached hydrogen (secondary N) is 2. The lowest BCUT2D eigenvalue weighted by Crippen LogP contribution is -2.09. The van der Waals surface area contributed by atoms with Gasteiger partial charge in [0.15, 0.2) is 0 Å². The molecule has 2 aliphatic rings. The molecule has 3 rings (SSSR count). The van der Waals surface area contributed by atoms with E-state index < -0.39 is 0 Å². The van der Waals surface area contributed by atoms with Gasteiger partial charge in [0.05, 0.1) is 0 Å². The predicted octanol–water partition coefficient (Wildman–Crippen LogP) is 1.52. The van der Waals surface area contributed by atoms with E-state index in [1.807, 2.05) is 0 Å². The minimum absolute atomic E-state index is 0.645. The van der Waals surface area contributed by atoms with Crippen LogP contribution in [0.1, 0.15) is 37.4 Å². The van der Waals surface area contributed by atoms with Gasteiger partial charge in [-0.05, 0) is 31.6 Å². The average Bonchev–Trinajstić information content (AvgIpc) is 2.83. The smallest absolute Gasteiger partial charge is 0.242 e. The molecule has 0 aromatic carbocycles. The number of aromatic amines is 1. The molecule has 1 aromatic heterocycles. The number of nitrogens with zero attached hydrogens (tertiary/aromatic N) is 2. The van der Waals surface area contributed by atoms with Crippen LogP contribution in [0, 0.1) is 5.92 Å². The number of hydrogen-bond donors (Lipinski definition) is 2. The fourth-order valence-corrected chi connectivity index (χ4v) is 2.09. The van der Waals surface area contributed by atoms with Gasteiger partial charge in [-0.2, -0.15) is 4.98 Å². The van der Waals surface area contributed by atoms with Crippen LogP contribution in [0.15, 0.2) is 0 Å². The largest absolute Gasteiger partial charge is 0.381 e. The third-order valence-corrected chi connectivity index (χ3v) is 3.33. The van der Waals surface area contributed by atoms with Crippen LogP contribution in [0.25, 0.3) is 0 Å². The van der Waals surface area contributed by atoms with Crippen molar-refractivity contribution >= 4 is 5.95 Å². The first-order valence-electron chi connectivity index (χ1n) is 6.16. The lowest BCUT2D eigenvalue weighted by molar-refractivity contribution is 0.185. The summed E-state index contributed by atoms with van der Waals surface area (Å²) < 4.78 is 5.34. The summed E-state index contributed by atoms with van der Waals surface area (Å²) in [5.74, 6) is 3.16. The van der Waals surface area contributed by atoms with Crippen molar-refractivity contribution in [2.45, 2.75) is 31.6 Å². The molecule has 1 aliphatic carbocycles. The molecule has 1 saturated carbocycles. The maximum atomic E-state index is 5.34. The first-order valence-corrected chi connectivity index (χ1v) is 6.16. The van der Waals surface area contributed by atoms with Crippen LogP contribution in [-0.2, 0) is 4.74 Å². The summed E-state index contributed by atoms with van der Waals surface area (Å²) in [5, 5.41) is 10.4. The highest BCUT2D eigenvalue weighted by atomic mass is 16.5. The van der Waals surface area contributed by atoms with Crippen LogP contribution in [-0.4, -0.2) is 34.9 Å². The Balaban J connectivity index is 1.42. The van der Waals surface area contributed by atoms with Gasteiger partial charge in [0.1, 0.15) is 5.82 Å². The first kappa shape index (κ1) is 10.1. The molecular formula is C11H18N4O. The van der Waals surface area contributed by atoms with Gasteiger partial charge in [0.2, 0.25) is 5.95 Å². The van der Waals surface area contributed by atoms with Crippen LogP contribution >= 0.6 is 0 Å². The number of rotatable bonds is 5. The minimum atomic E-state index is 0.645. The molecule has 2 heterocycles. The normalized spacial score (nSPS) is 24.9. The molecule has 2 N–H and O–H groups in total. The van der Waals surface area contributed by atoms with Gasteiger partial charge in [-0.15, -0.1) is 5.10 Å². The lowest BCUT2D eigenvalue weighted by atomic mass is 10.1. The van der Waals surface area contributed by atoms with Gasteiger partial charge in [-0.25, -0.2) is 0 Å². The van der Waals surface area contributed by atoms with E-state index in [2.05, 4.69) is 20.5 Å². The molecule has 5 nitrogen and oxygen atoms in total. The Kier molecular flexibility index (Phi) is 2.78. The second-order valence-corrected chi connectivity index (χ2v) is 4.76. The molecule has 1 atom stereocenters. The summed E-state index contributed by atoms with van der Waals surface area (Å²) in [6.45, 7) is 2.79. The van der Waals surface area contributed by atoms with Crippen LogP contribution in [0.3, 0.4) is 0 Å². The van der Waals surface area contributed by atoms with E-state index in [1.54, 1.807) is 0 Å². The van der Waals surface area contributed by atoms with Crippen LogP contribution in [0.4, 0.5) is 5.95 Å². The molecule has 88 valence electrons. The third kappa shape index (κ3) is 2.35. The zero-order chi connectivity index (χ0) is 10.8. The topological polar surface area (TPSA) is 62.8 Å². The van der Waals surface area contributed by atoms with E-state index in [0.29, 0.717) is 11.8 Å². The Morgan fingerprint density at radius 3 is 3.06 bits per heavy atom. The monoisotopic (exact) mass is 222 g/mol. The van der Waals surface area contributed by atoms with E-state index in [0.717, 1.165) is 38.0 Å². The lowest BCUT2D eigenvalue weighted by Gasteiger charge is -2.06. The SMILES string of the molecule is C(CC1CCOC1)Nc1n[nH]c(C2CC2)n1. The van der Waals surface area contributed by atoms with Crippen molar-refractivity contribution in [2.75, 3.05) is 25.1 Å². The second kappa shape index (κ2) is 4.41. The van der Waals surface area contributed by atoms with Gasteiger partial charge in [0.25, 0.3) is 0 Å². The van der Waals surface area contributed by atoms with Crippen molar-refractivity contribution in [1.82, 2.24) is 15.2 Å². The van der Waals surface area contributed by atoms with Gasteiger partial charge < -0.3 is 10.1 Å². The molecule has 0 spiro atoms. The molecule has 1 saturated heterocycles. The molecular weight excluding hydrogens is 204 g/mol. The molecule has 2 fully saturated rings. The van der Waals surface area contributed by atoms with E-state index in [1.165, 1.54) is 19.3 Å². The number of ether oxygens (including phenoxy) is 1. The quantitative estimate of drug-likeness (QED) is 0.793. The zero-order valence-corrected chi connectivity index (χ0v) is 9.41. The van der Waals surface area contributed by atoms with Gasteiger partial charge in [-0.3, -0.25) is 5.10 Å². The summed E-state index contributed by atoms with van der Waals surface area (Å²) in [6, 6.07) is 0. The number of aromatic nitrogens is 3. The first-order chi connectivity index (χ1) is 7.92. The summed E-state index contributed by atoms with van der Waals surface area (Å²) in [4.78, 5) is 4.43. The third-order valence-electron chi connectivity index (χ3n) is 3.33. The molecule has 1 unspecified atom stereocenters. The van der Waals surface area contributed by atoms with Crippen molar-refractivity contribution in [3.8, 4) is 0 Å². The van der Waals surface area contributed by atoms with Gasteiger partial charge in [0, 0.05) is 25.7 Å². The van der Waals surface area contributed by atoms with Crippen molar-refractivity contribution in [3.63, 3.8) is 0 Å². The average molecular weight is 222 g/mol. The maximum absolute atomic E-state index is 5.34. The molecule has 1 aliphatic heterocycles. The van der Waals surface area contributed by atoms with Crippen LogP contribution in [0.5, 0.6) is 0 Å². The summed E-state index contributed by atoms with van der Waals surface area (Å²) in [7, 11) is 0. The van der Waals surface area contributed by atoms with Crippen LogP contribution in [0.2, 0.25) is 0 Å². The molecule has 0 bridgehead atoms. The molecule has 0 radical (unpaired) electrons. The Hall–Kier alpha value is -1.10. The Labute approximate surface area is 95.0 Å². The number of anilines is 1. The second-order valence-electron chi connectivity index (χ2n) is 4.76. The summed E-state index contributed by atoms with van der Waals surface area (Å²) in [5.41, 5.74) is 0. The zero-order valence-electron chi connectivity index (χ0n) is 9.41. The summed E-state index contributed by atoms with van der Waals surface area (Å²) in [6.07, 6.45) is 4.86. The van der Waals surface area contributed by atoms with E-state index in [-0.39, 0.29) is 0 Å². The van der Waals surface area contributed by atoms with Crippen molar-refractivity contribution in [1.29, 1.82) is 0 Å². The van der Waals surface area contributed by atoms with E-state index in [9.17, 15) is 0 Å². The van der Waals surface area contributed by atoms with Gasteiger partial charge >= 0.3 is 0 Å². The Morgan fingerprint density at radius 2 is 2.31 bits per heavy atom. The van der Waals surface area contributed by atoms with Crippen molar-refractivity contribution in [3.05, 3.63) is 5.82 Å². The highest BCUT2D eigenvalue weighted by molar-refractivity contribution is 5.24. The molecule has 5 heteroatoms. The van der Waals surface area contributed by atoms with Crippen molar-refractivity contribution < 1.29 is 4.74 Å². The highest BCUT2D eigenvalue weighted by Gasteiger charge is 2.27. The maximum Gasteiger partial charge on any atom is 0.242 e.